The van der Waals surface area contributed by atoms with Gasteiger partial charge in [0.05, 0.1) is 0 Å². The third kappa shape index (κ3) is 3.11. The highest BCUT2D eigenvalue weighted by Gasteiger charge is 2.18. The van der Waals surface area contributed by atoms with Crippen LogP contribution in [0.15, 0.2) is 0 Å². The van der Waals surface area contributed by atoms with Gasteiger partial charge >= 0.3 is 0 Å². The quantitative estimate of drug-likeness (QED) is 0.829. The Morgan fingerprint density at radius 1 is 1.05 bits per heavy atom. The van der Waals surface area contributed by atoms with Crippen LogP contribution in [0.1, 0.15) is 38.5 Å². The van der Waals surface area contributed by atoms with E-state index in [2.05, 4.69) is 30.5 Å². The topological polar surface area (TPSA) is 66.0 Å². The summed E-state index contributed by atoms with van der Waals surface area (Å²) in [6.45, 7) is 3.06. The molecule has 1 aromatic rings. The molecule has 110 valence electrons. The summed E-state index contributed by atoms with van der Waals surface area (Å²) in [5, 5.41) is 6.38. The van der Waals surface area contributed by atoms with Crippen LogP contribution in [0.25, 0.3) is 0 Å². The molecule has 1 saturated heterocycles. The zero-order valence-corrected chi connectivity index (χ0v) is 12.2. The highest BCUT2D eigenvalue weighted by atomic mass is 15.3. The van der Waals surface area contributed by atoms with E-state index in [-0.39, 0.29) is 0 Å². The largest absolute Gasteiger partial charge is 0.357 e. The van der Waals surface area contributed by atoms with E-state index in [9.17, 15) is 0 Å². The second kappa shape index (κ2) is 6.24. The first-order valence-electron chi connectivity index (χ1n) is 7.78. The van der Waals surface area contributed by atoms with E-state index in [1.54, 1.807) is 0 Å². The van der Waals surface area contributed by atoms with Crippen molar-refractivity contribution in [1.82, 2.24) is 15.0 Å². The van der Waals surface area contributed by atoms with Gasteiger partial charge in [0.25, 0.3) is 0 Å². The third-order valence-electron chi connectivity index (χ3n) is 4.30. The van der Waals surface area contributed by atoms with Crippen LogP contribution >= 0.6 is 0 Å². The lowest BCUT2D eigenvalue weighted by Gasteiger charge is -2.25. The molecule has 1 aromatic heterocycles. The maximum atomic E-state index is 4.56. The fourth-order valence-electron chi connectivity index (χ4n) is 2.78. The number of hydrogen-bond donors (Lipinski definition) is 2. The molecule has 2 aliphatic rings. The monoisotopic (exact) mass is 276 g/mol. The van der Waals surface area contributed by atoms with Crippen molar-refractivity contribution in [3.8, 4) is 0 Å². The Morgan fingerprint density at radius 2 is 1.80 bits per heavy atom. The molecule has 6 heteroatoms. The Labute approximate surface area is 120 Å². The second-order valence-electron chi connectivity index (χ2n) is 5.74. The minimum atomic E-state index is 0.646. The first-order valence-corrected chi connectivity index (χ1v) is 7.78. The molecule has 0 radical (unpaired) electrons. The van der Waals surface area contributed by atoms with Crippen LogP contribution in [0.3, 0.4) is 0 Å². The zero-order valence-electron chi connectivity index (χ0n) is 12.2. The highest BCUT2D eigenvalue weighted by Crippen LogP contribution is 2.29. The smallest absolute Gasteiger partial charge is 0.231 e. The molecule has 0 atom stereocenters. The minimum absolute atomic E-state index is 0.646. The van der Waals surface area contributed by atoms with Crippen LogP contribution < -0.4 is 15.5 Å². The number of rotatable bonds is 6. The van der Waals surface area contributed by atoms with Crippen molar-refractivity contribution in [1.29, 1.82) is 0 Å². The summed E-state index contributed by atoms with van der Waals surface area (Å²) in [4.78, 5) is 15.6. The van der Waals surface area contributed by atoms with Gasteiger partial charge in [-0.15, -0.1) is 0 Å². The predicted molar refractivity (Wildman–Crippen MR) is 81.3 cm³/mol. The molecule has 0 spiro atoms. The number of anilines is 3. The number of aromatic nitrogens is 3. The van der Waals surface area contributed by atoms with Crippen molar-refractivity contribution in [2.24, 2.45) is 5.92 Å². The zero-order chi connectivity index (χ0) is 13.8. The summed E-state index contributed by atoms with van der Waals surface area (Å²) >= 11 is 0. The van der Waals surface area contributed by atoms with Crippen LogP contribution in [-0.4, -0.2) is 41.6 Å². The average molecular weight is 276 g/mol. The first-order chi connectivity index (χ1) is 9.85. The molecule has 0 aromatic carbocycles. The summed E-state index contributed by atoms with van der Waals surface area (Å²) in [6.07, 6.45) is 7.86. The summed E-state index contributed by atoms with van der Waals surface area (Å²) in [6, 6.07) is 0. The molecule has 2 fully saturated rings. The lowest BCUT2D eigenvalue weighted by molar-refractivity contribution is 0.303. The summed E-state index contributed by atoms with van der Waals surface area (Å²) in [5.74, 6) is 3.05. The maximum Gasteiger partial charge on any atom is 0.231 e. The molecule has 20 heavy (non-hydrogen) atoms. The average Bonchev–Trinajstić information content (AvgIpc) is 2.95. The van der Waals surface area contributed by atoms with E-state index in [0.29, 0.717) is 11.9 Å². The third-order valence-corrected chi connectivity index (χ3v) is 4.30. The van der Waals surface area contributed by atoms with Crippen LogP contribution in [0.2, 0.25) is 0 Å². The fraction of sp³-hybridized carbons (Fsp3) is 0.786. The molecular weight excluding hydrogens is 252 g/mol. The summed E-state index contributed by atoms with van der Waals surface area (Å²) in [5.41, 5.74) is 0. The standard InChI is InChI=1S/C14H24N6/c1-15-12-17-13(16-8-7-11-5-4-6-11)19-14(18-12)20-9-2-3-10-20/h11H,2-10H2,1H3,(H2,15,16,17,18,19). The van der Waals surface area contributed by atoms with Crippen molar-refractivity contribution < 1.29 is 0 Å². The minimum Gasteiger partial charge on any atom is -0.357 e. The van der Waals surface area contributed by atoms with Gasteiger partial charge in [-0.25, -0.2) is 0 Å². The number of nitrogens with zero attached hydrogens (tertiary/aromatic N) is 4. The van der Waals surface area contributed by atoms with Crippen LogP contribution in [0, 0.1) is 5.92 Å². The van der Waals surface area contributed by atoms with Crippen molar-refractivity contribution in [2.45, 2.75) is 38.5 Å². The summed E-state index contributed by atoms with van der Waals surface area (Å²) in [7, 11) is 1.85. The summed E-state index contributed by atoms with van der Waals surface area (Å²) < 4.78 is 0. The van der Waals surface area contributed by atoms with Gasteiger partial charge in [-0.05, 0) is 25.2 Å². The van der Waals surface area contributed by atoms with E-state index in [1.165, 1.54) is 38.5 Å². The second-order valence-corrected chi connectivity index (χ2v) is 5.74. The molecule has 0 unspecified atom stereocenters. The Kier molecular flexibility index (Phi) is 4.18. The van der Waals surface area contributed by atoms with Gasteiger partial charge in [-0.3, -0.25) is 0 Å². The molecule has 0 amide bonds. The van der Waals surface area contributed by atoms with Gasteiger partial charge in [-0.2, -0.15) is 15.0 Å². The van der Waals surface area contributed by atoms with Gasteiger partial charge < -0.3 is 15.5 Å². The highest BCUT2D eigenvalue weighted by molar-refractivity contribution is 5.44. The predicted octanol–water partition coefficient (Wildman–Crippen LogP) is 2.12. The molecule has 3 rings (SSSR count). The number of hydrogen-bond acceptors (Lipinski definition) is 6. The molecule has 2 heterocycles. The molecule has 2 N–H and O–H groups in total. The van der Waals surface area contributed by atoms with Crippen LogP contribution in [0.4, 0.5) is 17.8 Å². The molecular formula is C14H24N6. The Hall–Kier alpha value is -1.59. The SMILES string of the molecule is CNc1nc(NCCC2CCC2)nc(N2CCCC2)n1. The lowest BCUT2D eigenvalue weighted by Crippen LogP contribution is -2.22. The van der Waals surface area contributed by atoms with Gasteiger partial charge in [0.15, 0.2) is 0 Å². The fourth-order valence-corrected chi connectivity index (χ4v) is 2.78. The van der Waals surface area contributed by atoms with Crippen LogP contribution in [-0.2, 0) is 0 Å². The van der Waals surface area contributed by atoms with E-state index < -0.39 is 0 Å². The van der Waals surface area contributed by atoms with E-state index in [0.717, 1.165) is 31.5 Å². The number of nitrogens with one attached hydrogen (secondary N) is 2. The van der Waals surface area contributed by atoms with Crippen LogP contribution in [0.5, 0.6) is 0 Å². The van der Waals surface area contributed by atoms with Gasteiger partial charge in [-0.1, -0.05) is 19.3 Å². The van der Waals surface area contributed by atoms with Crippen molar-refractivity contribution >= 4 is 17.8 Å². The Balaban J connectivity index is 1.63. The molecule has 6 nitrogen and oxygen atoms in total. The van der Waals surface area contributed by atoms with E-state index >= 15 is 0 Å². The Morgan fingerprint density at radius 3 is 2.45 bits per heavy atom. The first kappa shape index (κ1) is 13.4. The van der Waals surface area contributed by atoms with Gasteiger partial charge in [0.1, 0.15) is 0 Å². The maximum absolute atomic E-state index is 4.56. The van der Waals surface area contributed by atoms with E-state index in [4.69, 9.17) is 0 Å². The normalized spacial score (nSPS) is 18.9. The van der Waals surface area contributed by atoms with Gasteiger partial charge in [0.2, 0.25) is 17.8 Å². The molecule has 1 aliphatic heterocycles. The molecule has 1 aliphatic carbocycles. The van der Waals surface area contributed by atoms with Crippen molar-refractivity contribution in [3.05, 3.63) is 0 Å². The van der Waals surface area contributed by atoms with Crippen molar-refractivity contribution in [3.63, 3.8) is 0 Å². The Bertz CT molecular complexity index is 439. The van der Waals surface area contributed by atoms with Crippen molar-refractivity contribution in [2.75, 3.05) is 42.2 Å². The van der Waals surface area contributed by atoms with E-state index in [1.807, 2.05) is 7.05 Å². The lowest BCUT2D eigenvalue weighted by atomic mass is 9.83. The molecule has 0 bridgehead atoms. The van der Waals surface area contributed by atoms with Gasteiger partial charge in [0, 0.05) is 26.7 Å². The molecule has 1 saturated carbocycles.